The number of carboxylic acids is 1. The molecule has 20 heavy (non-hydrogen) atoms. The summed E-state index contributed by atoms with van der Waals surface area (Å²) < 4.78 is 37.6. The van der Waals surface area contributed by atoms with E-state index in [9.17, 15) is 18.0 Å². The van der Waals surface area contributed by atoms with Crippen LogP contribution in [0.5, 0.6) is 0 Å². The molecule has 0 saturated heterocycles. The number of aromatic carboxylic acids is 1. The third-order valence-corrected chi connectivity index (χ3v) is 4.72. The highest BCUT2D eigenvalue weighted by Gasteiger charge is 2.35. The summed E-state index contributed by atoms with van der Waals surface area (Å²) in [5.74, 6) is -1.13. The maximum atomic E-state index is 12.4. The lowest BCUT2D eigenvalue weighted by Gasteiger charge is -2.02. The second-order valence-electron chi connectivity index (χ2n) is 3.42. The van der Waals surface area contributed by atoms with Crippen LogP contribution >= 0.6 is 39.0 Å². The van der Waals surface area contributed by atoms with E-state index >= 15 is 0 Å². The second kappa shape index (κ2) is 5.70. The molecule has 0 radical (unpaired) electrons. The SMILES string of the molecule is O=C(O)c1cc(Sc2nnc(C(F)(F)F)s2)ccc1Br. The van der Waals surface area contributed by atoms with Crippen molar-refractivity contribution in [1.82, 2.24) is 10.2 Å². The summed E-state index contributed by atoms with van der Waals surface area (Å²) in [5, 5.41) is 14.4. The molecule has 0 aliphatic carbocycles. The third kappa shape index (κ3) is 3.49. The van der Waals surface area contributed by atoms with Gasteiger partial charge in [0.05, 0.1) is 5.56 Å². The monoisotopic (exact) mass is 384 g/mol. The number of alkyl halides is 3. The Labute approximate surface area is 127 Å². The zero-order valence-corrected chi connectivity index (χ0v) is 12.5. The maximum absolute atomic E-state index is 12.4. The van der Waals surface area contributed by atoms with Gasteiger partial charge in [-0.2, -0.15) is 13.2 Å². The predicted molar refractivity (Wildman–Crippen MR) is 70.1 cm³/mol. The lowest BCUT2D eigenvalue weighted by molar-refractivity contribution is -0.138. The zero-order chi connectivity index (χ0) is 14.9. The molecule has 1 N–H and O–H groups in total. The van der Waals surface area contributed by atoms with Crippen molar-refractivity contribution in [2.45, 2.75) is 15.4 Å². The summed E-state index contributed by atoms with van der Waals surface area (Å²) in [6.45, 7) is 0. The molecule has 2 rings (SSSR count). The van der Waals surface area contributed by atoms with Crippen LogP contribution in [0.15, 0.2) is 31.9 Å². The van der Waals surface area contributed by atoms with Gasteiger partial charge in [-0.05, 0) is 34.1 Å². The maximum Gasteiger partial charge on any atom is 0.445 e. The summed E-state index contributed by atoms with van der Waals surface area (Å²) >= 11 is 4.42. The summed E-state index contributed by atoms with van der Waals surface area (Å²) in [7, 11) is 0. The number of carboxylic acid groups (broad SMARTS) is 1. The minimum atomic E-state index is -4.53. The predicted octanol–water partition coefficient (Wildman–Crippen LogP) is 4.17. The molecule has 10 heteroatoms. The third-order valence-electron chi connectivity index (χ3n) is 2.02. The van der Waals surface area contributed by atoms with E-state index in [1.54, 1.807) is 6.07 Å². The minimum Gasteiger partial charge on any atom is -0.478 e. The molecule has 0 bridgehead atoms. The molecule has 4 nitrogen and oxygen atoms in total. The van der Waals surface area contributed by atoms with Crippen LogP contribution in [0.3, 0.4) is 0 Å². The highest BCUT2D eigenvalue weighted by Crippen LogP contribution is 2.37. The quantitative estimate of drug-likeness (QED) is 0.860. The molecule has 0 aliphatic heterocycles. The largest absolute Gasteiger partial charge is 0.478 e. The minimum absolute atomic E-state index is 0.0237. The smallest absolute Gasteiger partial charge is 0.445 e. The Kier molecular flexibility index (Phi) is 4.35. The summed E-state index contributed by atoms with van der Waals surface area (Å²) in [6.07, 6.45) is -4.53. The highest BCUT2D eigenvalue weighted by atomic mass is 79.9. The Morgan fingerprint density at radius 2 is 2.05 bits per heavy atom. The Morgan fingerprint density at radius 1 is 1.35 bits per heavy atom. The molecule has 2 aromatic rings. The van der Waals surface area contributed by atoms with Crippen LogP contribution in [0.1, 0.15) is 15.4 Å². The zero-order valence-electron chi connectivity index (χ0n) is 9.31. The number of benzene rings is 1. The number of hydrogen-bond acceptors (Lipinski definition) is 5. The first-order valence-electron chi connectivity index (χ1n) is 4.89. The number of carbonyl (C=O) groups is 1. The Hall–Kier alpha value is -1.13. The molecule has 1 aromatic carbocycles. The standard InChI is InChI=1S/C10H4BrF3N2O2S2/c11-6-2-1-4(3-5(6)7(17)18)19-9-16-15-8(20-9)10(12,13)14/h1-3H,(H,17,18). The number of halogens is 4. The van der Waals surface area contributed by atoms with Gasteiger partial charge in [0.15, 0.2) is 4.34 Å². The number of nitrogens with zero attached hydrogens (tertiary/aromatic N) is 2. The van der Waals surface area contributed by atoms with Crippen molar-refractivity contribution in [3.8, 4) is 0 Å². The second-order valence-corrected chi connectivity index (χ2v) is 6.57. The van der Waals surface area contributed by atoms with Gasteiger partial charge in [0, 0.05) is 9.37 Å². The lowest BCUT2D eigenvalue weighted by atomic mass is 10.2. The van der Waals surface area contributed by atoms with Crippen LogP contribution < -0.4 is 0 Å². The first-order chi connectivity index (χ1) is 9.27. The fraction of sp³-hybridized carbons (Fsp3) is 0.100. The van der Waals surface area contributed by atoms with Crippen molar-refractivity contribution in [3.05, 3.63) is 33.2 Å². The average Bonchev–Trinajstić information content (AvgIpc) is 2.79. The van der Waals surface area contributed by atoms with E-state index in [0.29, 0.717) is 20.7 Å². The molecule has 1 aromatic heterocycles. The summed E-state index contributed by atoms with van der Waals surface area (Å²) in [5.41, 5.74) is 0.0237. The lowest BCUT2D eigenvalue weighted by Crippen LogP contribution is -2.03. The summed E-state index contributed by atoms with van der Waals surface area (Å²) in [6, 6.07) is 4.44. The fourth-order valence-corrected chi connectivity index (χ4v) is 3.35. The van der Waals surface area contributed by atoms with Crippen molar-refractivity contribution in [2.75, 3.05) is 0 Å². The molecule has 0 spiro atoms. The van der Waals surface area contributed by atoms with E-state index < -0.39 is 17.2 Å². The van der Waals surface area contributed by atoms with Crippen molar-refractivity contribution >= 4 is 45.0 Å². The molecule has 0 amide bonds. The van der Waals surface area contributed by atoms with Gasteiger partial charge in [0.2, 0.25) is 5.01 Å². The Bertz CT molecular complexity index is 660. The van der Waals surface area contributed by atoms with Crippen LogP contribution in [-0.4, -0.2) is 21.3 Å². The van der Waals surface area contributed by atoms with E-state index in [1.807, 2.05) is 0 Å². The van der Waals surface area contributed by atoms with E-state index in [0.717, 1.165) is 11.8 Å². The molecular weight excluding hydrogens is 381 g/mol. The van der Waals surface area contributed by atoms with Crippen LogP contribution in [0.4, 0.5) is 13.2 Å². The molecular formula is C10H4BrF3N2O2S2. The van der Waals surface area contributed by atoms with Gasteiger partial charge >= 0.3 is 12.1 Å². The van der Waals surface area contributed by atoms with E-state index in [-0.39, 0.29) is 9.90 Å². The highest BCUT2D eigenvalue weighted by molar-refractivity contribution is 9.10. The van der Waals surface area contributed by atoms with Crippen molar-refractivity contribution in [3.63, 3.8) is 0 Å². The van der Waals surface area contributed by atoms with Gasteiger partial charge in [-0.25, -0.2) is 4.79 Å². The van der Waals surface area contributed by atoms with E-state index in [1.165, 1.54) is 12.1 Å². The van der Waals surface area contributed by atoms with Crippen LogP contribution in [0.25, 0.3) is 0 Å². The Morgan fingerprint density at radius 3 is 2.60 bits per heavy atom. The first-order valence-corrected chi connectivity index (χ1v) is 7.31. The normalized spacial score (nSPS) is 11.6. The van der Waals surface area contributed by atoms with Crippen LogP contribution in [0, 0.1) is 0 Å². The molecule has 0 saturated carbocycles. The van der Waals surface area contributed by atoms with Crippen molar-refractivity contribution in [2.24, 2.45) is 0 Å². The molecule has 106 valence electrons. The molecule has 1 heterocycles. The van der Waals surface area contributed by atoms with Gasteiger partial charge < -0.3 is 5.11 Å². The average molecular weight is 385 g/mol. The van der Waals surface area contributed by atoms with Gasteiger partial charge in [-0.3, -0.25) is 0 Å². The molecule has 0 atom stereocenters. The van der Waals surface area contributed by atoms with E-state index in [4.69, 9.17) is 5.11 Å². The topological polar surface area (TPSA) is 63.1 Å². The Balaban J connectivity index is 2.24. The molecule has 0 unspecified atom stereocenters. The number of rotatable bonds is 3. The van der Waals surface area contributed by atoms with Crippen molar-refractivity contribution < 1.29 is 23.1 Å². The van der Waals surface area contributed by atoms with Gasteiger partial charge in [-0.15, -0.1) is 10.2 Å². The van der Waals surface area contributed by atoms with E-state index in [2.05, 4.69) is 26.1 Å². The summed E-state index contributed by atoms with van der Waals surface area (Å²) in [4.78, 5) is 11.4. The van der Waals surface area contributed by atoms with Crippen molar-refractivity contribution in [1.29, 1.82) is 0 Å². The molecule has 0 fully saturated rings. The number of hydrogen-bond donors (Lipinski definition) is 1. The van der Waals surface area contributed by atoms with Gasteiger partial charge in [0.1, 0.15) is 0 Å². The first kappa shape index (κ1) is 15.3. The van der Waals surface area contributed by atoms with Crippen LogP contribution in [0.2, 0.25) is 0 Å². The van der Waals surface area contributed by atoms with Crippen LogP contribution in [-0.2, 0) is 6.18 Å². The number of aromatic nitrogens is 2. The van der Waals surface area contributed by atoms with Gasteiger partial charge in [0.25, 0.3) is 0 Å². The molecule has 0 aliphatic rings. The van der Waals surface area contributed by atoms with Gasteiger partial charge in [-0.1, -0.05) is 23.1 Å². The fourth-order valence-electron chi connectivity index (χ4n) is 1.20.